The molecule has 1 aromatic heterocycles. The van der Waals surface area contributed by atoms with Gasteiger partial charge in [-0.15, -0.1) is 0 Å². The summed E-state index contributed by atoms with van der Waals surface area (Å²) in [4.78, 5) is 33.3. The second-order valence-corrected chi connectivity index (χ2v) is 11.1. The zero-order valence-electron chi connectivity index (χ0n) is 23.7. The van der Waals surface area contributed by atoms with Gasteiger partial charge in [-0.2, -0.15) is 0 Å². The van der Waals surface area contributed by atoms with E-state index in [4.69, 9.17) is 14.5 Å². The van der Waals surface area contributed by atoms with Crippen LogP contribution in [0.1, 0.15) is 60.5 Å². The fourth-order valence-electron chi connectivity index (χ4n) is 5.14. The molecule has 8 heteroatoms. The molecule has 0 spiro atoms. The lowest BCUT2D eigenvalue weighted by Crippen LogP contribution is -2.40. The third kappa shape index (κ3) is 5.35. The maximum Gasteiger partial charge on any atom is 0.338 e. The number of carbonyl (C=O) groups is 1. The summed E-state index contributed by atoms with van der Waals surface area (Å²) in [5, 5.41) is 9.98. The summed E-state index contributed by atoms with van der Waals surface area (Å²) in [6.45, 7) is 8.05. The summed E-state index contributed by atoms with van der Waals surface area (Å²) in [5.74, 6) is 0.469. The minimum Gasteiger partial charge on any atom is -0.508 e. The standard InChI is InChI=1S/C33H32N2O5S/c1-6-40-32(38)28-29(22-12-8-7-9-13-22)34-33-35(31(37)27(41-33)17-21-11-10-14-23(36)16-21)30(28)25-18-24(19(2)3)26(39-5)15-20(25)4/h7-19,30,36H,6H2,1-5H3/b27-17-/t30-/m0/s1. The van der Waals surface area contributed by atoms with Crippen LogP contribution in [0.5, 0.6) is 11.5 Å². The highest BCUT2D eigenvalue weighted by molar-refractivity contribution is 7.07. The van der Waals surface area contributed by atoms with Crippen molar-refractivity contribution in [1.82, 2.24) is 4.57 Å². The van der Waals surface area contributed by atoms with E-state index >= 15 is 0 Å². The van der Waals surface area contributed by atoms with Gasteiger partial charge in [-0.05, 0) is 72.4 Å². The molecule has 2 heterocycles. The van der Waals surface area contributed by atoms with E-state index in [9.17, 15) is 14.7 Å². The Hall–Kier alpha value is -4.43. The number of ether oxygens (including phenoxy) is 2. The summed E-state index contributed by atoms with van der Waals surface area (Å²) in [6, 6.07) is 19.4. The number of esters is 1. The van der Waals surface area contributed by atoms with Gasteiger partial charge in [0.05, 0.1) is 35.6 Å². The summed E-state index contributed by atoms with van der Waals surface area (Å²) >= 11 is 1.25. The largest absolute Gasteiger partial charge is 0.508 e. The number of aromatic hydroxyl groups is 1. The van der Waals surface area contributed by atoms with Crippen LogP contribution >= 0.6 is 11.3 Å². The molecule has 1 aliphatic rings. The topological polar surface area (TPSA) is 90.1 Å². The van der Waals surface area contributed by atoms with Crippen LogP contribution in [0.2, 0.25) is 0 Å². The molecule has 1 N–H and O–H groups in total. The minimum atomic E-state index is -0.782. The average Bonchev–Trinajstić information content (AvgIpc) is 3.26. The molecule has 0 saturated heterocycles. The normalized spacial score (nSPS) is 15.1. The van der Waals surface area contributed by atoms with E-state index in [1.54, 1.807) is 42.9 Å². The van der Waals surface area contributed by atoms with Crippen LogP contribution in [-0.4, -0.2) is 29.4 Å². The first-order valence-corrected chi connectivity index (χ1v) is 14.3. The Kier molecular flexibility index (Phi) is 7.94. The second kappa shape index (κ2) is 11.6. The molecule has 0 radical (unpaired) electrons. The van der Waals surface area contributed by atoms with Gasteiger partial charge < -0.3 is 14.6 Å². The van der Waals surface area contributed by atoms with E-state index in [1.165, 1.54) is 11.3 Å². The van der Waals surface area contributed by atoms with E-state index in [0.29, 0.717) is 26.2 Å². The Morgan fingerprint density at radius 1 is 1.12 bits per heavy atom. The van der Waals surface area contributed by atoms with Gasteiger partial charge in [0.1, 0.15) is 11.5 Å². The van der Waals surface area contributed by atoms with Gasteiger partial charge in [0.25, 0.3) is 5.56 Å². The van der Waals surface area contributed by atoms with E-state index in [0.717, 1.165) is 28.0 Å². The third-order valence-electron chi connectivity index (χ3n) is 7.08. The van der Waals surface area contributed by atoms with Crippen molar-refractivity contribution >= 4 is 29.1 Å². The number of aryl methyl sites for hydroxylation is 1. The fourth-order valence-corrected chi connectivity index (χ4v) is 6.14. The van der Waals surface area contributed by atoms with Crippen molar-refractivity contribution in [3.05, 3.63) is 120 Å². The van der Waals surface area contributed by atoms with Gasteiger partial charge in [-0.3, -0.25) is 9.36 Å². The van der Waals surface area contributed by atoms with Crippen LogP contribution in [0.3, 0.4) is 0 Å². The fraction of sp³-hybridized carbons (Fsp3) is 0.242. The van der Waals surface area contributed by atoms with Crippen LogP contribution in [0.15, 0.2) is 82.1 Å². The van der Waals surface area contributed by atoms with Crippen molar-refractivity contribution in [2.45, 2.75) is 39.7 Å². The molecule has 0 fully saturated rings. The van der Waals surface area contributed by atoms with Crippen LogP contribution in [0.4, 0.5) is 0 Å². The maximum absolute atomic E-state index is 14.1. The number of nitrogens with zero attached hydrogens (tertiary/aromatic N) is 2. The molecule has 0 bridgehead atoms. The van der Waals surface area contributed by atoms with Gasteiger partial charge in [0.2, 0.25) is 0 Å². The molecule has 7 nitrogen and oxygen atoms in total. The predicted molar refractivity (Wildman–Crippen MR) is 161 cm³/mol. The van der Waals surface area contributed by atoms with E-state index in [2.05, 4.69) is 13.8 Å². The number of fused-ring (bicyclic) bond motifs is 1. The molecule has 0 saturated carbocycles. The van der Waals surface area contributed by atoms with Gasteiger partial charge in [0, 0.05) is 5.56 Å². The number of benzene rings is 3. The quantitative estimate of drug-likeness (QED) is 0.314. The van der Waals surface area contributed by atoms with Crippen molar-refractivity contribution in [2.24, 2.45) is 4.99 Å². The molecule has 3 aromatic carbocycles. The first-order chi connectivity index (χ1) is 19.7. The molecular formula is C33H32N2O5S. The number of phenolic OH excluding ortho intramolecular Hbond substituents is 1. The molecule has 41 heavy (non-hydrogen) atoms. The lowest BCUT2D eigenvalue weighted by Gasteiger charge is -2.28. The zero-order chi connectivity index (χ0) is 29.3. The molecule has 0 aliphatic carbocycles. The number of thiazole rings is 1. The summed E-state index contributed by atoms with van der Waals surface area (Å²) in [6.07, 6.45) is 1.73. The maximum atomic E-state index is 14.1. The molecule has 0 amide bonds. The number of hydrogen-bond acceptors (Lipinski definition) is 7. The number of carbonyl (C=O) groups excluding carboxylic acids is 1. The number of methoxy groups -OCH3 is 1. The van der Waals surface area contributed by atoms with Gasteiger partial charge >= 0.3 is 5.97 Å². The summed E-state index contributed by atoms with van der Waals surface area (Å²) < 4.78 is 13.3. The molecular weight excluding hydrogens is 536 g/mol. The van der Waals surface area contributed by atoms with E-state index in [-0.39, 0.29) is 23.8 Å². The predicted octanol–water partition coefficient (Wildman–Crippen LogP) is 5.08. The van der Waals surface area contributed by atoms with Gasteiger partial charge in [-0.25, -0.2) is 9.79 Å². The van der Waals surface area contributed by atoms with Crippen molar-refractivity contribution in [1.29, 1.82) is 0 Å². The number of aromatic nitrogens is 1. The first kappa shape index (κ1) is 28.1. The Bertz CT molecular complexity index is 1830. The van der Waals surface area contributed by atoms with Crippen LogP contribution in [-0.2, 0) is 9.53 Å². The lowest BCUT2D eigenvalue weighted by atomic mass is 9.87. The van der Waals surface area contributed by atoms with Gasteiger partial charge in [0.15, 0.2) is 4.80 Å². The monoisotopic (exact) mass is 568 g/mol. The van der Waals surface area contributed by atoms with Crippen molar-refractivity contribution in [3.63, 3.8) is 0 Å². The highest BCUT2D eigenvalue weighted by Crippen LogP contribution is 2.39. The lowest BCUT2D eigenvalue weighted by molar-refractivity contribution is -0.138. The number of phenols is 1. The number of rotatable bonds is 7. The van der Waals surface area contributed by atoms with Crippen molar-refractivity contribution in [3.8, 4) is 11.5 Å². The van der Waals surface area contributed by atoms with Crippen LogP contribution < -0.4 is 19.6 Å². The average molecular weight is 569 g/mol. The molecule has 5 rings (SSSR count). The Balaban J connectivity index is 1.89. The third-order valence-corrected chi connectivity index (χ3v) is 8.06. The molecule has 1 atom stereocenters. The van der Waals surface area contributed by atoms with Crippen LogP contribution in [0.25, 0.3) is 11.8 Å². The molecule has 0 unspecified atom stereocenters. The zero-order valence-corrected chi connectivity index (χ0v) is 24.5. The molecule has 210 valence electrons. The highest BCUT2D eigenvalue weighted by atomic mass is 32.1. The smallest absolute Gasteiger partial charge is 0.338 e. The highest BCUT2D eigenvalue weighted by Gasteiger charge is 2.36. The number of hydrogen-bond donors (Lipinski definition) is 1. The van der Waals surface area contributed by atoms with Crippen molar-refractivity contribution < 1.29 is 19.4 Å². The Morgan fingerprint density at radius 2 is 1.88 bits per heavy atom. The summed E-state index contributed by atoms with van der Waals surface area (Å²) in [7, 11) is 1.64. The summed E-state index contributed by atoms with van der Waals surface area (Å²) in [5.41, 5.74) is 4.57. The molecule has 4 aromatic rings. The minimum absolute atomic E-state index is 0.107. The SMILES string of the molecule is CCOC(=O)C1=C(c2ccccc2)N=c2s/c(=C\c3cccc(O)c3)c(=O)n2[C@H]1c1cc(C(C)C)c(OC)cc1C. The first-order valence-electron chi connectivity index (χ1n) is 13.5. The Labute approximate surface area is 242 Å². The van der Waals surface area contributed by atoms with Crippen LogP contribution in [0, 0.1) is 6.92 Å². The van der Waals surface area contributed by atoms with E-state index < -0.39 is 12.0 Å². The molecule has 1 aliphatic heterocycles. The Morgan fingerprint density at radius 3 is 2.54 bits per heavy atom. The van der Waals surface area contributed by atoms with Gasteiger partial charge in [-0.1, -0.05) is 67.6 Å². The van der Waals surface area contributed by atoms with Crippen molar-refractivity contribution in [2.75, 3.05) is 13.7 Å². The van der Waals surface area contributed by atoms with E-state index in [1.807, 2.05) is 55.5 Å². The second-order valence-electron chi connectivity index (χ2n) is 10.1.